The number of rotatable bonds is 5. The van der Waals surface area contributed by atoms with E-state index in [4.69, 9.17) is 16.7 Å². The largest absolute Gasteiger partial charge is 0.481 e. The summed E-state index contributed by atoms with van der Waals surface area (Å²) in [6, 6.07) is 11.7. The molecule has 1 N–H and O–H groups in total. The molecule has 0 saturated heterocycles. The van der Waals surface area contributed by atoms with E-state index in [-0.39, 0.29) is 5.75 Å². The summed E-state index contributed by atoms with van der Waals surface area (Å²) in [4.78, 5) is 10.8. The minimum absolute atomic E-state index is 0.0630. The van der Waals surface area contributed by atoms with Crippen molar-refractivity contribution in [3.8, 4) is 0 Å². The third kappa shape index (κ3) is 3.52. The average Bonchev–Trinajstić information content (AvgIpc) is 2.89. The number of carbonyl (C=O) groups is 1. The second-order valence-corrected chi connectivity index (χ2v) is 6.83. The van der Waals surface area contributed by atoms with Crippen molar-refractivity contribution in [2.75, 3.05) is 5.75 Å². The fourth-order valence-electron chi connectivity index (χ4n) is 2.27. The standard InChI is InChI=1S/C15H11BrClN3O2S/c16-14-18-19-15(23-8-13(21)22)20(14)7-9-5-6-12(17)11-4-2-1-3-10(9)11/h1-6H,7-8H2,(H,21,22). The second kappa shape index (κ2) is 6.90. The zero-order valence-electron chi connectivity index (χ0n) is 11.7. The van der Waals surface area contributed by atoms with Crippen LogP contribution in [0.15, 0.2) is 46.3 Å². The summed E-state index contributed by atoms with van der Waals surface area (Å²) in [5.41, 5.74) is 1.06. The number of nitrogens with zero attached hydrogens (tertiary/aromatic N) is 3. The molecule has 0 unspecified atom stereocenters. The monoisotopic (exact) mass is 411 g/mol. The fourth-order valence-corrected chi connectivity index (χ4v) is 3.65. The number of hydrogen-bond acceptors (Lipinski definition) is 4. The van der Waals surface area contributed by atoms with E-state index in [0.29, 0.717) is 21.5 Å². The van der Waals surface area contributed by atoms with Gasteiger partial charge in [-0.05, 0) is 32.9 Å². The molecule has 0 radical (unpaired) electrons. The van der Waals surface area contributed by atoms with Crippen LogP contribution in [0.3, 0.4) is 0 Å². The summed E-state index contributed by atoms with van der Waals surface area (Å²) in [5.74, 6) is -0.954. The molecule has 0 bridgehead atoms. The molecule has 3 aromatic rings. The zero-order chi connectivity index (χ0) is 16.4. The van der Waals surface area contributed by atoms with Gasteiger partial charge in [-0.3, -0.25) is 9.36 Å². The number of fused-ring (bicyclic) bond motifs is 1. The molecule has 0 atom stereocenters. The van der Waals surface area contributed by atoms with E-state index in [9.17, 15) is 4.79 Å². The lowest BCUT2D eigenvalue weighted by atomic mass is 10.0. The van der Waals surface area contributed by atoms with Crippen LogP contribution in [0.5, 0.6) is 0 Å². The molecule has 0 saturated carbocycles. The Morgan fingerprint density at radius 3 is 2.70 bits per heavy atom. The Labute approximate surface area is 149 Å². The van der Waals surface area contributed by atoms with Crippen molar-refractivity contribution in [2.24, 2.45) is 0 Å². The first-order chi connectivity index (χ1) is 11.1. The molecule has 5 nitrogen and oxygen atoms in total. The number of benzene rings is 2. The van der Waals surface area contributed by atoms with E-state index in [1.165, 1.54) is 0 Å². The molecule has 3 rings (SSSR count). The van der Waals surface area contributed by atoms with E-state index in [1.807, 2.05) is 41.0 Å². The van der Waals surface area contributed by atoms with Gasteiger partial charge in [0.2, 0.25) is 4.73 Å². The summed E-state index contributed by atoms with van der Waals surface area (Å²) < 4.78 is 2.40. The van der Waals surface area contributed by atoms with E-state index in [0.717, 1.165) is 28.1 Å². The van der Waals surface area contributed by atoms with E-state index in [1.54, 1.807) is 0 Å². The Morgan fingerprint density at radius 2 is 1.96 bits per heavy atom. The molecule has 0 aliphatic rings. The van der Waals surface area contributed by atoms with Crippen LogP contribution in [0.25, 0.3) is 10.8 Å². The van der Waals surface area contributed by atoms with Crippen LogP contribution in [-0.2, 0) is 11.3 Å². The van der Waals surface area contributed by atoms with E-state index < -0.39 is 5.97 Å². The maximum absolute atomic E-state index is 10.8. The van der Waals surface area contributed by atoms with Gasteiger partial charge in [0.1, 0.15) is 0 Å². The van der Waals surface area contributed by atoms with Crippen molar-refractivity contribution in [3.05, 3.63) is 51.7 Å². The summed E-state index contributed by atoms with van der Waals surface area (Å²) in [6.07, 6.45) is 0. The molecule has 23 heavy (non-hydrogen) atoms. The first-order valence-corrected chi connectivity index (χ1v) is 8.81. The lowest BCUT2D eigenvalue weighted by Crippen LogP contribution is -2.05. The Balaban J connectivity index is 1.98. The number of aliphatic carboxylic acids is 1. The molecule has 1 heterocycles. The van der Waals surface area contributed by atoms with Crippen molar-refractivity contribution in [3.63, 3.8) is 0 Å². The van der Waals surface area contributed by atoms with E-state index in [2.05, 4.69) is 26.1 Å². The average molecular weight is 413 g/mol. The summed E-state index contributed by atoms with van der Waals surface area (Å²) >= 11 is 10.7. The van der Waals surface area contributed by atoms with Crippen molar-refractivity contribution >= 4 is 56.0 Å². The van der Waals surface area contributed by atoms with Crippen molar-refractivity contribution in [1.29, 1.82) is 0 Å². The molecule has 0 aliphatic heterocycles. The predicted octanol–water partition coefficient (Wildman–Crippen LogP) is 4.07. The minimum atomic E-state index is -0.891. The Bertz CT molecular complexity index is 884. The van der Waals surface area contributed by atoms with Gasteiger partial charge in [0.05, 0.1) is 12.3 Å². The second-order valence-electron chi connectivity index (χ2n) is 4.77. The van der Waals surface area contributed by atoms with Crippen LogP contribution < -0.4 is 0 Å². The summed E-state index contributed by atoms with van der Waals surface area (Å²) in [7, 11) is 0. The van der Waals surface area contributed by atoms with Gasteiger partial charge in [-0.25, -0.2) is 0 Å². The third-order valence-corrected chi connectivity index (χ3v) is 5.15. The van der Waals surface area contributed by atoms with E-state index >= 15 is 0 Å². The number of halogens is 2. The van der Waals surface area contributed by atoms with Gasteiger partial charge in [-0.1, -0.05) is 53.7 Å². The Morgan fingerprint density at radius 1 is 1.22 bits per heavy atom. The smallest absolute Gasteiger partial charge is 0.313 e. The molecule has 118 valence electrons. The molecule has 1 aromatic heterocycles. The van der Waals surface area contributed by atoms with Crippen LogP contribution in [0.1, 0.15) is 5.56 Å². The molecular formula is C15H11BrClN3O2S. The van der Waals surface area contributed by atoms with Gasteiger partial charge in [-0.15, -0.1) is 10.2 Å². The Kier molecular flexibility index (Phi) is 4.89. The van der Waals surface area contributed by atoms with Crippen LogP contribution in [-0.4, -0.2) is 31.6 Å². The van der Waals surface area contributed by atoms with Crippen LogP contribution in [0.4, 0.5) is 0 Å². The van der Waals surface area contributed by atoms with Crippen LogP contribution in [0.2, 0.25) is 5.02 Å². The highest BCUT2D eigenvalue weighted by molar-refractivity contribution is 9.10. The molecule has 0 spiro atoms. The topological polar surface area (TPSA) is 68.0 Å². The summed E-state index contributed by atoms with van der Waals surface area (Å²) in [5, 5.41) is 20.1. The molecule has 0 amide bonds. The number of carboxylic acids is 1. The number of aromatic nitrogens is 3. The quantitative estimate of drug-likeness (QED) is 0.640. The number of hydrogen-bond donors (Lipinski definition) is 1. The fraction of sp³-hybridized carbons (Fsp3) is 0.133. The van der Waals surface area contributed by atoms with Crippen molar-refractivity contribution in [2.45, 2.75) is 11.7 Å². The van der Waals surface area contributed by atoms with Crippen molar-refractivity contribution < 1.29 is 9.90 Å². The van der Waals surface area contributed by atoms with Crippen LogP contribution in [0, 0.1) is 0 Å². The van der Waals surface area contributed by atoms with Gasteiger partial charge < -0.3 is 5.11 Å². The molecule has 8 heteroatoms. The molecular weight excluding hydrogens is 402 g/mol. The zero-order valence-corrected chi connectivity index (χ0v) is 14.9. The normalized spacial score (nSPS) is 11.0. The first kappa shape index (κ1) is 16.3. The highest BCUT2D eigenvalue weighted by Crippen LogP contribution is 2.29. The van der Waals surface area contributed by atoms with Gasteiger partial charge in [0, 0.05) is 10.4 Å². The third-order valence-electron chi connectivity index (χ3n) is 3.29. The first-order valence-electron chi connectivity index (χ1n) is 6.65. The highest BCUT2D eigenvalue weighted by Gasteiger charge is 2.14. The SMILES string of the molecule is O=C(O)CSc1nnc(Br)n1Cc1ccc(Cl)c2ccccc12. The van der Waals surface area contributed by atoms with Crippen LogP contribution >= 0.6 is 39.3 Å². The van der Waals surface area contributed by atoms with Crippen molar-refractivity contribution in [1.82, 2.24) is 14.8 Å². The predicted molar refractivity (Wildman–Crippen MR) is 94.1 cm³/mol. The molecule has 0 fully saturated rings. The lowest BCUT2D eigenvalue weighted by Gasteiger charge is -2.11. The molecule has 2 aromatic carbocycles. The van der Waals surface area contributed by atoms with Gasteiger partial charge in [-0.2, -0.15) is 0 Å². The highest BCUT2D eigenvalue weighted by atomic mass is 79.9. The van der Waals surface area contributed by atoms with Gasteiger partial charge in [0.25, 0.3) is 0 Å². The van der Waals surface area contributed by atoms with Gasteiger partial charge in [0.15, 0.2) is 5.16 Å². The Hall–Kier alpha value is -1.57. The maximum atomic E-state index is 10.8. The van der Waals surface area contributed by atoms with Gasteiger partial charge >= 0.3 is 5.97 Å². The number of thioether (sulfide) groups is 1. The lowest BCUT2D eigenvalue weighted by molar-refractivity contribution is -0.133. The minimum Gasteiger partial charge on any atom is -0.481 e. The molecule has 0 aliphatic carbocycles. The maximum Gasteiger partial charge on any atom is 0.313 e. The number of carboxylic acid groups (broad SMARTS) is 1. The summed E-state index contributed by atoms with van der Waals surface area (Å²) in [6.45, 7) is 0.521.